The molecule has 0 aliphatic heterocycles. The largest absolute Gasteiger partial charge is 0.452 e. The summed E-state index contributed by atoms with van der Waals surface area (Å²) in [7, 11) is 1.15. The fraction of sp³-hybridized carbons (Fsp3) is 0.0455. The van der Waals surface area contributed by atoms with Crippen molar-refractivity contribution in [1.82, 2.24) is 25.6 Å². The van der Waals surface area contributed by atoms with Crippen LogP contribution in [0.2, 0.25) is 10.0 Å². The van der Waals surface area contributed by atoms with Gasteiger partial charge in [-0.2, -0.15) is 5.10 Å². The molecule has 14 heteroatoms. The first kappa shape index (κ1) is 25.9. The number of ether oxygens (including phenoxy) is 1. The van der Waals surface area contributed by atoms with Crippen LogP contribution in [0.25, 0.3) is 16.6 Å². The van der Waals surface area contributed by atoms with Gasteiger partial charge in [-0.1, -0.05) is 45.2 Å². The van der Waals surface area contributed by atoms with Gasteiger partial charge >= 0.3 is 6.09 Å². The van der Waals surface area contributed by atoms with Crippen LogP contribution in [0.15, 0.2) is 57.7 Å². The molecule has 2 aromatic heterocycles. The molecule has 10 nitrogen and oxygen atoms in total. The first-order chi connectivity index (χ1) is 17.2. The number of nitrogens with one attached hydrogen (secondary N) is 3. The number of carbonyl (C=O) groups is 3. The Kier molecular flexibility index (Phi) is 7.79. The number of fused-ring (bicyclic) bond motifs is 1. The molecule has 0 radical (unpaired) electrons. The second-order valence-corrected chi connectivity index (χ2v) is 9.59. The van der Waals surface area contributed by atoms with E-state index in [1.165, 1.54) is 23.0 Å². The van der Waals surface area contributed by atoms with E-state index in [1.54, 1.807) is 30.3 Å². The molecule has 0 atom stereocenters. The summed E-state index contributed by atoms with van der Waals surface area (Å²) in [5.41, 5.74) is 4.37. The summed E-state index contributed by atoms with van der Waals surface area (Å²) >= 11 is 19.6. The van der Waals surface area contributed by atoms with Gasteiger partial charge in [0.1, 0.15) is 10.3 Å². The highest BCUT2D eigenvalue weighted by Gasteiger charge is 2.24. The normalized spacial score (nSPS) is 10.7. The molecule has 3 amide bonds. The number of hydrogen-bond acceptors (Lipinski definition) is 6. The molecule has 0 saturated carbocycles. The van der Waals surface area contributed by atoms with Crippen molar-refractivity contribution < 1.29 is 19.1 Å². The summed E-state index contributed by atoms with van der Waals surface area (Å²) in [5.74, 6) is -1.17. The van der Waals surface area contributed by atoms with Crippen molar-refractivity contribution >= 4 is 89.4 Å². The van der Waals surface area contributed by atoms with E-state index in [1.807, 2.05) is 0 Å². The smallest absolute Gasteiger partial charge is 0.425 e. The molecule has 0 fully saturated rings. The summed E-state index contributed by atoms with van der Waals surface area (Å²) < 4.78 is 6.83. The van der Waals surface area contributed by atoms with Crippen LogP contribution in [0, 0.1) is 0 Å². The molecule has 0 bridgehead atoms. The maximum absolute atomic E-state index is 13.4. The van der Waals surface area contributed by atoms with Gasteiger partial charge in [-0.25, -0.2) is 19.9 Å². The molecular formula is C22H14Br2Cl2N6O4. The number of benzene rings is 2. The Morgan fingerprint density at radius 3 is 2.53 bits per heavy atom. The van der Waals surface area contributed by atoms with Crippen LogP contribution in [0.4, 0.5) is 10.5 Å². The van der Waals surface area contributed by atoms with Gasteiger partial charge in [0, 0.05) is 22.1 Å². The molecule has 4 rings (SSSR count). The van der Waals surface area contributed by atoms with E-state index in [4.69, 9.17) is 23.2 Å². The predicted molar refractivity (Wildman–Crippen MR) is 142 cm³/mol. The first-order valence-electron chi connectivity index (χ1n) is 9.93. The molecule has 2 heterocycles. The summed E-state index contributed by atoms with van der Waals surface area (Å²) in [6, 6.07) is 11.5. The molecule has 2 aromatic carbocycles. The number of anilines is 1. The Labute approximate surface area is 230 Å². The third-order valence-electron chi connectivity index (χ3n) is 4.84. The first-order valence-corrected chi connectivity index (χ1v) is 12.3. The minimum absolute atomic E-state index is 0.0108. The molecule has 4 aromatic rings. The number of hydrogen-bond donors (Lipinski definition) is 3. The zero-order valence-electron chi connectivity index (χ0n) is 18.1. The molecule has 0 spiro atoms. The van der Waals surface area contributed by atoms with E-state index >= 15 is 0 Å². The molecule has 0 unspecified atom stereocenters. The lowest BCUT2D eigenvalue weighted by molar-refractivity contribution is 0.0921. The van der Waals surface area contributed by atoms with Crippen LogP contribution in [-0.2, 0) is 4.74 Å². The van der Waals surface area contributed by atoms with Crippen molar-refractivity contribution in [3.8, 4) is 5.82 Å². The van der Waals surface area contributed by atoms with Crippen LogP contribution >= 0.6 is 55.1 Å². The number of aromatic nitrogens is 3. The van der Waals surface area contributed by atoms with Gasteiger partial charge in [-0.05, 0) is 51.6 Å². The third kappa shape index (κ3) is 5.31. The van der Waals surface area contributed by atoms with Gasteiger partial charge in [0.25, 0.3) is 11.8 Å². The highest BCUT2D eigenvalue weighted by molar-refractivity contribution is 9.10. The van der Waals surface area contributed by atoms with Gasteiger partial charge in [-0.15, -0.1) is 0 Å². The lowest BCUT2D eigenvalue weighted by Crippen LogP contribution is -2.41. The molecule has 3 N–H and O–H groups in total. The van der Waals surface area contributed by atoms with Crippen LogP contribution < -0.4 is 16.2 Å². The predicted octanol–water partition coefficient (Wildman–Crippen LogP) is 5.51. The summed E-state index contributed by atoms with van der Waals surface area (Å²) in [4.78, 5) is 42.0. The average Bonchev–Trinajstić information content (AvgIpc) is 3.25. The van der Waals surface area contributed by atoms with Gasteiger partial charge in [0.2, 0.25) is 0 Å². The number of pyridine rings is 1. The van der Waals surface area contributed by atoms with Crippen molar-refractivity contribution in [1.29, 1.82) is 0 Å². The average molecular weight is 657 g/mol. The fourth-order valence-electron chi connectivity index (χ4n) is 3.25. The molecule has 184 valence electrons. The Balaban J connectivity index is 1.79. The topological polar surface area (TPSA) is 127 Å². The minimum atomic E-state index is -0.885. The number of nitrogens with zero attached hydrogens (tertiary/aromatic N) is 3. The number of rotatable bonds is 4. The van der Waals surface area contributed by atoms with Crippen LogP contribution in [-0.4, -0.2) is 39.8 Å². The monoisotopic (exact) mass is 654 g/mol. The van der Waals surface area contributed by atoms with Gasteiger partial charge < -0.3 is 10.1 Å². The van der Waals surface area contributed by atoms with Crippen molar-refractivity contribution in [3.05, 3.63) is 79.0 Å². The van der Waals surface area contributed by atoms with E-state index in [-0.39, 0.29) is 32.8 Å². The Morgan fingerprint density at radius 1 is 1.03 bits per heavy atom. The molecule has 36 heavy (non-hydrogen) atoms. The van der Waals surface area contributed by atoms with Gasteiger partial charge in [0.15, 0.2) is 5.82 Å². The fourth-order valence-corrected chi connectivity index (χ4v) is 4.52. The molecule has 0 aliphatic carbocycles. The minimum Gasteiger partial charge on any atom is -0.452 e. The third-order valence-corrected chi connectivity index (χ3v) is 6.41. The van der Waals surface area contributed by atoms with Gasteiger partial charge in [-0.3, -0.25) is 15.0 Å². The lowest BCUT2D eigenvalue weighted by Gasteiger charge is -2.16. The number of methoxy groups -OCH3 is 1. The second-order valence-electron chi connectivity index (χ2n) is 7.08. The highest BCUT2D eigenvalue weighted by atomic mass is 79.9. The second kappa shape index (κ2) is 10.8. The molecule has 0 saturated heterocycles. The van der Waals surface area contributed by atoms with Crippen LogP contribution in [0.5, 0.6) is 0 Å². The maximum atomic E-state index is 13.4. The van der Waals surface area contributed by atoms with Gasteiger partial charge in [0.05, 0.1) is 28.4 Å². The van der Waals surface area contributed by atoms with Crippen LogP contribution in [0.1, 0.15) is 20.8 Å². The van der Waals surface area contributed by atoms with Crippen molar-refractivity contribution in [2.45, 2.75) is 0 Å². The zero-order chi connectivity index (χ0) is 26.0. The number of halogens is 4. The van der Waals surface area contributed by atoms with Crippen molar-refractivity contribution in [2.24, 2.45) is 0 Å². The standard InChI is InChI=1S/C22H14Br2Cl2N6O4/c1-36-22(35)30-29-20(33)13-8-10-7-11(23)4-5-12(10)17(26)18(13)28-21(34)15-9-16(24)31-32(15)19-14(25)3-2-6-27-19/h2-9H,1H3,(H,28,34)(H,29,33)(H,30,35). The number of carbonyl (C=O) groups excluding carboxylic acids is 3. The van der Waals surface area contributed by atoms with E-state index in [2.05, 4.69) is 62.8 Å². The molecule has 0 aliphatic rings. The summed E-state index contributed by atoms with van der Waals surface area (Å²) in [6.07, 6.45) is 0.623. The number of hydrazine groups is 1. The van der Waals surface area contributed by atoms with Crippen LogP contribution in [0.3, 0.4) is 0 Å². The summed E-state index contributed by atoms with van der Waals surface area (Å²) in [6.45, 7) is 0. The highest BCUT2D eigenvalue weighted by Crippen LogP contribution is 2.36. The zero-order valence-corrected chi connectivity index (χ0v) is 22.8. The van der Waals surface area contributed by atoms with E-state index in [0.29, 0.717) is 15.4 Å². The molecular weight excluding hydrogens is 643 g/mol. The maximum Gasteiger partial charge on any atom is 0.425 e. The lowest BCUT2D eigenvalue weighted by atomic mass is 10.0. The number of amides is 3. The van der Waals surface area contributed by atoms with Crippen molar-refractivity contribution in [3.63, 3.8) is 0 Å². The van der Waals surface area contributed by atoms with Crippen molar-refractivity contribution in [2.75, 3.05) is 12.4 Å². The van der Waals surface area contributed by atoms with E-state index in [9.17, 15) is 14.4 Å². The Hall–Kier alpha value is -3.19. The summed E-state index contributed by atoms with van der Waals surface area (Å²) in [5, 5.41) is 8.51. The Morgan fingerprint density at radius 2 is 1.81 bits per heavy atom. The SMILES string of the molecule is COC(=O)NNC(=O)c1cc2cc(Br)ccc2c(Cl)c1NC(=O)c1cc(Br)nn1-c1ncccc1Cl. The quantitative estimate of drug-likeness (QED) is 0.249. The Bertz CT molecular complexity index is 1530. The van der Waals surface area contributed by atoms with E-state index in [0.717, 1.165) is 11.6 Å². The van der Waals surface area contributed by atoms with E-state index < -0.39 is 17.9 Å².